The first-order chi connectivity index (χ1) is 14.2. The highest BCUT2D eigenvalue weighted by Crippen LogP contribution is 2.43. The SMILES string of the molecule is O=C(NCC1CC1)C1CCCN(C(=O)COc2ccc(C3SCCCS3)cc2)C1. The van der Waals surface area contributed by atoms with Crippen LogP contribution in [0.2, 0.25) is 0 Å². The highest BCUT2D eigenvalue weighted by molar-refractivity contribution is 8.16. The Kier molecular flexibility index (Phi) is 7.29. The third kappa shape index (κ3) is 6.07. The molecule has 7 heteroatoms. The molecular formula is C22H30N2O3S2. The molecule has 0 bridgehead atoms. The minimum absolute atomic E-state index is 0.0304. The molecule has 158 valence electrons. The van der Waals surface area contributed by atoms with Crippen molar-refractivity contribution in [3.05, 3.63) is 29.8 Å². The second kappa shape index (κ2) is 10.1. The Bertz CT molecular complexity index is 703. The van der Waals surface area contributed by atoms with E-state index in [1.807, 2.05) is 35.7 Å². The topological polar surface area (TPSA) is 58.6 Å². The minimum atomic E-state index is -0.0868. The number of amides is 2. The van der Waals surface area contributed by atoms with Crippen molar-refractivity contribution in [2.24, 2.45) is 11.8 Å². The van der Waals surface area contributed by atoms with Crippen LogP contribution in [0.3, 0.4) is 0 Å². The molecule has 0 spiro atoms. The Labute approximate surface area is 181 Å². The summed E-state index contributed by atoms with van der Waals surface area (Å²) in [5.74, 6) is 3.83. The smallest absolute Gasteiger partial charge is 0.260 e. The molecule has 3 aliphatic rings. The zero-order valence-corrected chi connectivity index (χ0v) is 18.4. The average molecular weight is 435 g/mol. The number of nitrogens with zero attached hydrogens (tertiary/aromatic N) is 1. The molecule has 2 saturated heterocycles. The molecular weight excluding hydrogens is 404 g/mol. The molecule has 2 heterocycles. The number of carbonyl (C=O) groups excluding carboxylic acids is 2. The molecule has 2 amide bonds. The van der Waals surface area contributed by atoms with Gasteiger partial charge in [0.15, 0.2) is 6.61 Å². The monoisotopic (exact) mass is 434 g/mol. The molecule has 2 aliphatic heterocycles. The van der Waals surface area contributed by atoms with Gasteiger partial charge in [-0.1, -0.05) is 12.1 Å². The van der Waals surface area contributed by atoms with Crippen LogP contribution in [0.5, 0.6) is 5.75 Å². The van der Waals surface area contributed by atoms with E-state index >= 15 is 0 Å². The van der Waals surface area contributed by atoms with Crippen LogP contribution in [0.25, 0.3) is 0 Å². The number of carbonyl (C=O) groups is 2. The molecule has 29 heavy (non-hydrogen) atoms. The fourth-order valence-electron chi connectivity index (χ4n) is 3.77. The number of nitrogens with one attached hydrogen (secondary N) is 1. The van der Waals surface area contributed by atoms with Gasteiger partial charge in [0.25, 0.3) is 5.91 Å². The van der Waals surface area contributed by atoms with Crippen molar-refractivity contribution >= 4 is 35.3 Å². The van der Waals surface area contributed by atoms with E-state index in [1.165, 1.54) is 36.3 Å². The largest absolute Gasteiger partial charge is 0.484 e. The van der Waals surface area contributed by atoms with E-state index in [-0.39, 0.29) is 24.3 Å². The Balaban J connectivity index is 1.22. The fourth-order valence-corrected chi connectivity index (χ4v) is 6.66. The second-order valence-electron chi connectivity index (χ2n) is 8.15. The Hall–Kier alpha value is -1.34. The quantitative estimate of drug-likeness (QED) is 0.709. The van der Waals surface area contributed by atoms with Gasteiger partial charge < -0.3 is 15.0 Å². The standard InChI is InChI=1S/C22H30N2O3S2/c25-20(24-10-1-3-18(14-24)21(26)23-13-16-4-5-16)15-27-19-8-6-17(7-9-19)22-28-11-2-12-29-22/h6-9,16,18,22H,1-5,10-15H2,(H,23,26). The fraction of sp³-hybridized carbons (Fsp3) is 0.636. The van der Waals surface area contributed by atoms with E-state index in [9.17, 15) is 9.59 Å². The van der Waals surface area contributed by atoms with Gasteiger partial charge in [-0.2, -0.15) is 0 Å². The lowest BCUT2D eigenvalue weighted by atomic mass is 9.97. The van der Waals surface area contributed by atoms with Crippen molar-refractivity contribution in [3.8, 4) is 5.75 Å². The van der Waals surface area contributed by atoms with Crippen LogP contribution in [0.4, 0.5) is 0 Å². The van der Waals surface area contributed by atoms with Crippen LogP contribution in [0.15, 0.2) is 24.3 Å². The first-order valence-electron chi connectivity index (χ1n) is 10.7. The van der Waals surface area contributed by atoms with Crippen LogP contribution < -0.4 is 10.1 Å². The van der Waals surface area contributed by atoms with Gasteiger partial charge in [0.1, 0.15) is 5.75 Å². The maximum absolute atomic E-state index is 12.6. The number of rotatable bonds is 7. The van der Waals surface area contributed by atoms with Crippen molar-refractivity contribution in [3.63, 3.8) is 0 Å². The normalized spacial score (nSPS) is 22.9. The maximum atomic E-state index is 12.6. The van der Waals surface area contributed by atoms with Gasteiger partial charge in [0, 0.05) is 19.6 Å². The summed E-state index contributed by atoms with van der Waals surface area (Å²) in [5, 5.41) is 3.05. The highest BCUT2D eigenvalue weighted by atomic mass is 32.2. The van der Waals surface area contributed by atoms with Crippen molar-refractivity contribution < 1.29 is 14.3 Å². The summed E-state index contributed by atoms with van der Waals surface area (Å²) in [4.78, 5) is 26.7. The third-order valence-electron chi connectivity index (χ3n) is 5.75. The van der Waals surface area contributed by atoms with Crippen LogP contribution in [0, 0.1) is 11.8 Å². The summed E-state index contributed by atoms with van der Waals surface area (Å²) in [6, 6.07) is 8.14. The number of hydrogen-bond donors (Lipinski definition) is 1. The van der Waals surface area contributed by atoms with Gasteiger partial charge in [-0.05, 0) is 67.2 Å². The molecule has 5 nitrogen and oxygen atoms in total. The minimum Gasteiger partial charge on any atom is -0.484 e. The van der Waals surface area contributed by atoms with E-state index in [1.54, 1.807) is 4.90 Å². The lowest BCUT2D eigenvalue weighted by Crippen LogP contribution is -2.47. The molecule has 1 saturated carbocycles. The maximum Gasteiger partial charge on any atom is 0.260 e. The van der Waals surface area contributed by atoms with Gasteiger partial charge in [-0.15, -0.1) is 23.5 Å². The summed E-state index contributed by atoms with van der Waals surface area (Å²) in [5.41, 5.74) is 1.31. The molecule has 1 aromatic carbocycles. The molecule has 4 rings (SSSR count). The summed E-state index contributed by atoms with van der Waals surface area (Å²) in [7, 11) is 0. The Morgan fingerprint density at radius 1 is 1.07 bits per heavy atom. The molecule has 1 atom stereocenters. The van der Waals surface area contributed by atoms with Gasteiger partial charge in [0.05, 0.1) is 10.5 Å². The van der Waals surface area contributed by atoms with Gasteiger partial charge in [-0.25, -0.2) is 0 Å². The van der Waals surface area contributed by atoms with E-state index in [4.69, 9.17) is 4.74 Å². The molecule has 3 fully saturated rings. The highest BCUT2D eigenvalue weighted by Gasteiger charge is 2.30. The lowest BCUT2D eigenvalue weighted by Gasteiger charge is -2.32. The van der Waals surface area contributed by atoms with Crippen LogP contribution >= 0.6 is 23.5 Å². The number of benzene rings is 1. The molecule has 1 unspecified atom stereocenters. The summed E-state index contributed by atoms with van der Waals surface area (Å²) >= 11 is 4.00. The van der Waals surface area contributed by atoms with E-state index in [0.29, 0.717) is 23.6 Å². The van der Waals surface area contributed by atoms with Crippen molar-refractivity contribution in [1.82, 2.24) is 10.2 Å². The first-order valence-corrected chi connectivity index (χ1v) is 12.8. The zero-order chi connectivity index (χ0) is 20.1. The predicted octanol–water partition coefficient (Wildman–Crippen LogP) is 3.70. The zero-order valence-electron chi connectivity index (χ0n) is 16.8. The molecule has 0 aromatic heterocycles. The summed E-state index contributed by atoms with van der Waals surface area (Å²) in [6.45, 7) is 2.04. The lowest BCUT2D eigenvalue weighted by molar-refractivity contribution is -0.137. The van der Waals surface area contributed by atoms with Crippen molar-refractivity contribution in [2.75, 3.05) is 37.7 Å². The number of piperidine rings is 1. The Morgan fingerprint density at radius 3 is 2.55 bits per heavy atom. The van der Waals surface area contributed by atoms with E-state index in [2.05, 4.69) is 17.4 Å². The van der Waals surface area contributed by atoms with Gasteiger partial charge >= 0.3 is 0 Å². The number of ether oxygens (including phenoxy) is 1. The predicted molar refractivity (Wildman–Crippen MR) is 119 cm³/mol. The van der Waals surface area contributed by atoms with E-state index in [0.717, 1.165) is 25.1 Å². The van der Waals surface area contributed by atoms with Crippen LogP contribution in [-0.4, -0.2) is 54.5 Å². The molecule has 1 aliphatic carbocycles. The van der Waals surface area contributed by atoms with Crippen LogP contribution in [0.1, 0.15) is 42.2 Å². The third-order valence-corrected chi connectivity index (χ3v) is 8.76. The Morgan fingerprint density at radius 2 is 1.83 bits per heavy atom. The van der Waals surface area contributed by atoms with Crippen LogP contribution in [-0.2, 0) is 9.59 Å². The molecule has 0 radical (unpaired) electrons. The second-order valence-corrected chi connectivity index (χ2v) is 10.9. The summed E-state index contributed by atoms with van der Waals surface area (Å²) < 4.78 is 6.25. The molecule has 1 N–H and O–H groups in total. The number of thioether (sulfide) groups is 2. The molecule has 1 aromatic rings. The van der Waals surface area contributed by atoms with Crippen molar-refractivity contribution in [2.45, 2.75) is 36.7 Å². The van der Waals surface area contributed by atoms with Crippen molar-refractivity contribution in [1.29, 1.82) is 0 Å². The number of hydrogen-bond acceptors (Lipinski definition) is 5. The van der Waals surface area contributed by atoms with Gasteiger partial charge in [-0.3, -0.25) is 9.59 Å². The first kappa shape index (κ1) is 20.9. The number of likely N-dealkylation sites (tertiary alicyclic amines) is 1. The summed E-state index contributed by atoms with van der Waals surface area (Å²) in [6.07, 6.45) is 5.48. The average Bonchev–Trinajstić information content (AvgIpc) is 3.61. The van der Waals surface area contributed by atoms with Gasteiger partial charge in [0.2, 0.25) is 5.91 Å². The van der Waals surface area contributed by atoms with E-state index < -0.39 is 0 Å².